The second-order valence-corrected chi connectivity index (χ2v) is 11.2. The number of rotatable bonds is 9. The fourth-order valence-corrected chi connectivity index (χ4v) is 6.21. The van der Waals surface area contributed by atoms with E-state index in [1.807, 2.05) is 4.90 Å². The fourth-order valence-electron chi connectivity index (χ4n) is 6.21. The number of hydrogen-bond acceptors (Lipinski definition) is 7. The Kier molecular flexibility index (Phi) is 8.30. The van der Waals surface area contributed by atoms with Gasteiger partial charge in [0.15, 0.2) is 6.29 Å². The summed E-state index contributed by atoms with van der Waals surface area (Å²) in [4.78, 5) is 35.3. The first-order chi connectivity index (χ1) is 18.0. The topological polar surface area (TPSA) is 83.5 Å². The predicted octanol–water partition coefficient (Wildman–Crippen LogP) is 1.93. The minimum absolute atomic E-state index is 0.00366. The van der Waals surface area contributed by atoms with Crippen molar-refractivity contribution in [3.8, 4) is 0 Å². The minimum Gasteiger partial charge on any atom is -0.356 e. The van der Waals surface area contributed by atoms with Gasteiger partial charge in [-0.25, -0.2) is 0 Å². The van der Waals surface area contributed by atoms with Gasteiger partial charge < -0.3 is 20.0 Å². The number of likely N-dealkylation sites (N-methyl/N-ethyl adjacent to an activating group) is 1. The maximum Gasteiger partial charge on any atom is 0.231 e. The van der Waals surface area contributed by atoms with E-state index >= 15 is 0 Å². The van der Waals surface area contributed by atoms with Crippen molar-refractivity contribution >= 4 is 17.6 Å². The molecule has 5 rings (SSSR count). The van der Waals surface area contributed by atoms with Crippen molar-refractivity contribution in [1.29, 1.82) is 0 Å². The third-order valence-electron chi connectivity index (χ3n) is 8.47. The van der Waals surface area contributed by atoms with Crippen LogP contribution >= 0.6 is 0 Å². The third-order valence-corrected chi connectivity index (χ3v) is 8.47. The first-order valence-corrected chi connectivity index (χ1v) is 14.1. The SMILES string of the molecule is Cc1ccc(CN2C(=O)C3CCCCC3N3C(CCC(=O)NCCCN4CCN(C)CC4)=NNC23)cc1. The van der Waals surface area contributed by atoms with Crippen molar-refractivity contribution in [2.75, 3.05) is 46.3 Å². The average Bonchev–Trinajstić information content (AvgIpc) is 3.34. The molecular formula is C28H43N7O2. The monoisotopic (exact) mass is 509 g/mol. The Morgan fingerprint density at radius 2 is 1.86 bits per heavy atom. The molecule has 3 fully saturated rings. The van der Waals surface area contributed by atoms with Gasteiger partial charge >= 0.3 is 0 Å². The lowest BCUT2D eigenvalue weighted by Gasteiger charge is -2.50. The first-order valence-electron chi connectivity index (χ1n) is 14.1. The molecule has 2 saturated heterocycles. The Morgan fingerprint density at radius 3 is 2.65 bits per heavy atom. The molecule has 1 aromatic carbocycles. The van der Waals surface area contributed by atoms with Gasteiger partial charge in [0.1, 0.15) is 5.84 Å². The van der Waals surface area contributed by atoms with Crippen LogP contribution in [0.15, 0.2) is 29.4 Å². The van der Waals surface area contributed by atoms with Gasteiger partial charge in [-0.15, -0.1) is 0 Å². The Hall–Kier alpha value is -2.65. The number of hydrazone groups is 1. The highest BCUT2D eigenvalue weighted by Gasteiger charge is 2.50. The number of aryl methyl sites for hydroxylation is 1. The summed E-state index contributed by atoms with van der Waals surface area (Å²) in [6.07, 6.45) is 5.88. The van der Waals surface area contributed by atoms with Crippen molar-refractivity contribution in [2.45, 2.75) is 70.7 Å². The number of carbonyl (C=O) groups excluding carboxylic acids is 2. The van der Waals surface area contributed by atoms with Crippen LogP contribution in [-0.2, 0) is 16.1 Å². The fraction of sp³-hybridized carbons (Fsp3) is 0.679. The molecule has 2 N–H and O–H groups in total. The largest absolute Gasteiger partial charge is 0.356 e. The van der Waals surface area contributed by atoms with Crippen LogP contribution in [0.1, 0.15) is 56.1 Å². The van der Waals surface area contributed by atoms with Gasteiger partial charge in [-0.1, -0.05) is 42.7 Å². The second kappa shape index (κ2) is 11.8. The number of benzene rings is 1. The number of amidine groups is 1. The molecule has 0 spiro atoms. The van der Waals surface area contributed by atoms with Crippen LogP contribution < -0.4 is 10.7 Å². The molecule has 37 heavy (non-hydrogen) atoms. The smallest absolute Gasteiger partial charge is 0.231 e. The normalized spacial score (nSPS) is 26.4. The Bertz CT molecular complexity index is 973. The minimum atomic E-state index is -0.269. The molecule has 0 bridgehead atoms. The summed E-state index contributed by atoms with van der Waals surface area (Å²) < 4.78 is 0. The average molecular weight is 510 g/mol. The van der Waals surface area contributed by atoms with Gasteiger partial charge in [0.25, 0.3) is 0 Å². The molecule has 202 valence electrons. The lowest BCUT2D eigenvalue weighted by atomic mass is 9.80. The summed E-state index contributed by atoms with van der Waals surface area (Å²) in [6.45, 7) is 8.85. The Labute approximate surface area is 221 Å². The lowest BCUT2D eigenvalue weighted by molar-refractivity contribution is -0.156. The molecule has 9 nitrogen and oxygen atoms in total. The third kappa shape index (κ3) is 6.09. The Balaban J connectivity index is 1.14. The van der Waals surface area contributed by atoms with Crippen molar-refractivity contribution in [1.82, 2.24) is 30.3 Å². The number of nitrogens with one attached hydrogen (secondary N) is 2. The van der Waals surface area contributed by atoms with Crippen molar-refractivity contribution in [3.05, 3.63) is 35.4 Å². The molecule has 9 heteroatoms. The quantitative estimate of drug-likeness (QED) is 0.495. The van der Waals surface area contributed by atoms with E-state index in [0.29, 0.717) is 25.9 Å². The molecule has 3 heterocycles. The number of amides is 2. The molecule has 0 radical (unpaired) electrons. The van der Waals surface area contributed by atoms with Crippen LogP contribution in [0.5, 0.6) is 0 Å². The molecule has 4 aliphatic rings. The molecule has 0 aromatic heterocycles. The van der Waals surface area contributed by atoms with Crippen LogP contribution in [0.4, 0.5) is 0 Å². The summed E-state index contributed by atoms with van der Waals surface area (Å²) in [7, 11) is 2.17. The molecule has 1 aliphatic carbocycles. The molecule has 3 aliphatic heterocycles. The molecule has 1 saturated carbocycles. The van der Waals surface area contributed by atoms with Crippen LogP contribution in [0.3, 0.4) is 0 Å². The maximum absolute atomic E-state index is 13.6. The van der Waals surface area contributed by atoms with Crippen molar-refractivity contribution in [2.24, 2.45) is 11.0 Å². The maximum atomic E-state index is 13.6. The van der Waals surface area contributed by atoms with Crippen LogP contribution in [0.2, 0.25) is 0 Å². The molecule has 3 unspecified atom stereocenters. The first kappa shape index (κ1) is 26.0. The number of piperazine rings is 1. The summed E-state index contributed by atoms with van der Waals surface area (Å²) >= 11 is 0. The standard InChI is InChI=1S/C28H43N7O2/c1-21-8-10-22(11-9-21)20-34-27(37)23-6-3-4-7-24(23)35-25(30-31-28(34)35)12-13-26(36)29-14-5-15-33-18-16-32(2)17-19-33/h8-11,23-24,28,31H,3-7,12-20H2,1-2H3,(H,29,36). The second-order valence-electron chi connectivity index (χ2n) is 11.2. The van der Waals surface area contributed by atoms with Gasteiger partial charge in [0.05, 0.1) is 5.92 Å². The molecule has 3 atom stereocenters. The van der Waals surface area contributed by atoms with E-state index in [4.69, 9.17) is 0 Å². The number of fused-ring (bicyclic) bond motifs is 3. The number of hydrogen-bond donors (Lipinski definition) is 2. The van der Waals surface area contributed by atoms with Crippen molar-refractivity contribution < 1.29 is 9.59 Å². The van der Waals surface area contributed by atoms with E-state index in [-0.39, 0.29) is 30.1 Å². The zero-order valence-corrected chi connectivity index (χ0v) is 22.5. The molecule has 2 amide bonds. The highest BCUT2D eigenvalue weighted by Crippen LogP contribution is 2.38. The van der Waals surface area contributed by atoms with Crippen LogP contribution in [0.25, 0.3) is 0 Å². The van der Waals surface area contributed by atoms with E-state index < -0.39 is 0 Å². The molecular weight excluding hydrogens is 466 g/mol. The van der Waals surface area contributed by atoms with E-state index in [0.717, 1.165) is 76.2 Å². The highest BCUT2D eigenvalue weighted by molar-refractivity contribution is 5.91. The van der Waals surface area contributed by atoms with Crippen molar-refractivity contribution in [3.63, 3.8) is 0 Å². The summed E-state index contributed by atoms with van der Waals surface area (Å²) in [6, 6.07) is 8.56. The van der Waals surface area contributed by atoms with Gasteiger partial charge in [-0.2, -0.15) is 5.10 Å². The van der Waals surface area contributed by atoms with E-state index in [1.165, 1.54) is 5.56 Å². The van der Waals surface area contributed by atoms with Crippen LogP contribution in [-0.4, -0.2) is 95.9 Å². The Morgan fingerprint density at radius 1 is 1.11 bits per heavy atom. The number of nitrogens with zero attached hydrogens (tertiary/aromatic N) is 5. The van der Waals surface area contributed by atoms with Gasteiger partial charge in [0, 0.05) is 58.2 Å². The van der Waals surface area contributed by atoms with E-state index in [2.05, 4.69) is 68.8 Å². The predicted molar refractivity (Wildman–Crippen MR) is 144 cm³/mol. The van der Waals surface area contributed by atoms with E-state index in [9.17, 15) is 9.59 Å². The zero-order chi connectivity index (χ0) is 25.8. The lowest BCUT2D eigenvalue weighted by Crippen LogP contribution is -2.67. The van der Waals surface area contributed by atoms with Gasteiger partial charge in [-0.05, 0) is 45.3 Å². The van der Waals surface area contributed by atoms with Crippen LogP contribution in [0, 0.1) is 12.8 Å². The number of carbonyl (C=O) groups is 2. The zero-order valence-electron chi connectivity index (χ0n) is 22.5. The highest BCUT2D eigenvalue weighted by atomic mass is 16.2. The van der Waals surface area contributed by atoms with E-state index in [1.54, 1.807) is 0 Å². The summed E-state index contributed by atoms with van der Waals surface area (Å²) in [5.74, 6) is 1.22. The summed E-state index contributed by atoms with van der Waals surface area (Å²) in [5.41, 5.74) is 5.58. The molecule has 1 aromatic rings. The van der Waals surface area contributed by atoms with Gasteiger partial charge in [-0.3, -0.25) is 19.9 Å². The summed E-state index contributed by atoms with van der Waals surface area (Å²) in [5, 5.41) is 7.76. The van der Waals surface area contributed by atoms with Gasteiger partial charge in [0.2, 0.25) is 11.8 Å².